The molecule has 0 saturated carbocycles. The maximum atomic E-state index is 12.9. The molecule has 0 aliphatic carbocycles. The number of ether oxygens (including phenoxy) is 1. The van der Waals surface area contributed by atoms with Crippen LogP contribution in [0.25, 0.3) is 0 Å². The van der Waals surface area contributed by atoms with Crippen LogP contribution < -0.4 is 0 Å². The predicted molar refractivity (Wildman–Crippen MR) is 57.7 cm³/mol. The molecule has 0 spiro atoms. The highest BCUT2D eigenvalue weighted by Crippen LogP contribution is 2.27. The van der Waals surface area contributed by atoms with Crippen molar-refractivity contribution in [3.05, 3.63) is 35.4 Å². The quantitative estimate of drug-likeness (QED) is 0.472. The van der Waals surface area contributed by atoms with Gasteiger partial charge < -0.3 is 4.74 Å². The van der Waals surface area contributed by atoms with Crippen LogP contribution in [-0.2, 0) is 4.74 Å². The zero-order chi connectivity index (χ0) is 14.6. The van der Waals surface area contributed by atoms with Gasteiger partial charge in [0, 0.05) is 5.56 Å². The standard InChI is InChI=1S/C12H10F4O3/c1-2-19-10(18)8-5-3-4-7(6-8)9(17)12(15,16)11(13)14/h3-6,11H,2H2,1H3. The molecule has 0 atom stereocenters. The molecular weight excluding hydrogens is 268 g/mol. The Morgan fingerprint density at radius 2 is 1.84 bits per heavy atom. The van der Waals surface area contributed by atoms with E-state index in [2.05, 4.69) is 4.74 Å². The highest BCUT2D eigenvalue weighted by molar-refractivity contribution is 6.03. The Morgan fingerprint density at radius 3 is 2.37 bits per heavy atom. The van der Waals surface area contributed by atoms with Crippen LogP contribution >= 0.6 is 0 Å². The lowest BCUT2D eigenvalue weighted by Crippen LogP contribution is -2.36. The first-order chi connectivity index (χ1) is 8.80. The lowest BCUT2D eigenvalue weighted by molar-refractivity contribution is -0.0958. The fourth-order valence-electron chi connectivity index (χ4n) is 1.29. The number of benzene rings is 1. The average molecular weight is 278 g/mol. The van der Waals surface area contributed by atoms with Gasteiger partial charge in [0.25, 0.3) is 0 Å². The molecular formula is C12H10F4O3. The fourth-order valence-corrected chi connectivity index (χ4v) is 1.29. The molecule has 1 rings (SSSR count). The van der Waals surface area contributed by atoms with E-state index >= 15 is 0 Å². The van der Waals surface area contributed by atoms with Crippen molar-refractivity contribution in [3.63, 3.8) is 0 Å². The molecule has 1 aromatic carbocycles. The number of halogens is 4. The molecule has 0 bridgehead atoms. The van der Waals surface area contributed by atoms with Crippen molar-refractivity contribution in [3.8, 4) is 0 Å². The summed E-state index contributed by atoms with van der Waals surface area (Å²) in [4.78, 5) is 22.6. The Kier molecular flexibility index (Phi) is 4.63. The van der Waals surface area contributed by atoms with Gasteiger partial charge in [-0.3, -0.25) is 4.79 Å². The van der Waals surface area contributed by atoms with E-state index in [4.69, 9.17) is 0 Å². The molecule has 0 N–H and O–H groups in total. The van der Waals surface area contributed by atoms with Gasteiger partial charge in [-0.25, -0.2) is 13.6 Å². The van der Waals surface area contributed by atoms with Crippen LogP contribution in [0.15, 0.2) is 24.3 Å². The normalized spacial score (nSPS) is 11.5. The minimum absolute atomic E-state index is 0.0597. The predicted octanol–water partition coefficient (Wildman–Crippen LogP) is 2.95. The lowest BCUT2D eigenvalue weighted by Gasteiger charge is -2.14. The van der Waals surface area contributed by atoms with Crippen molar-refractivity contribution in [1.29, 1.82) is 0 Å². The molecule has 0 radical (unpaired) electrons. The van der Waals surface area contributed by atoms with E-state index in [0.29, 0.717) is 0 Å². The van der Waals surface area contributed by atoms with Crippen LogP contribution in [0.3, 0.4) is 0 Å². The van der Waals surface area contributed by atoms with Gasteiger partial charge in [0.05, 0.1) is 12.2 Å². The summed E-state index contributed by atoms with van der Waals surface area (Å²) in [6, 6.07) is 4.11. The van der Waals surface area contributed by atoms with E-state index in [0.717, 1.165) is 18.2 Å². The molecule has 104 valence electrons. The maximum absolute atomic E-state index is 12.9. The van der Waals surface area contributed by atoms with Gasteiger partial charge in [0.1, 0.15) is 0 Å². The van der Waals surface area contributed by atoms with Crippen molar-refractivity contribution in [2.75, 3.05) is 6.61 Å². The largest absolute Gasteiger partial charge is 0.462 e. The van der Waals surface area contributed by atoms with Crippen LogP contribution in [-0.4, -0.2) is 30.7 Å². The highest BCUT2D eigenvalue weighted by Gasteiger charge is 2.49. The first-order valence-electron chi connectivity index (χ1n) is 5.28. The summed E-state index contributed by atoms with van der Waals surface area (Å²) < 4.78 is 54.5. The number of carbonyl (C=O) groups is 2. The lowest BCUT2D eigenvalue weighted by atomic mass is 10.0. The Balaban J connectivity index is 3.06. The van der Waals surface area contributed by atoms with Crippen molar-refractivity contribution >= 4 is 11.8 Å². The first-order valence-corrected chi connectivity index (χ1v) is 5.28. The third-order valence-corrected chi connectivity index (χ3v) is 2.21. The van der Waals surface area contributed by atoms with Crippen molar-refractivity contribution in [2.45, 2.75) is 19.3 Å². The summed E-state index contributed by atoms with van der Waals surface area (Å²) in [6.45, 7) is 1.60. The maximum Gasteiger partial charge on any atom is 0.368 e. The number of esters is 1. The summed E-state index contributed by atoms with van der Waals surface area (Å²) in [5, 5.41) is 0. The molecule has 0 fully saturated rings. The minimum atomic E-state index is -4.78. The Labute approximate surface area is 106 Å². The second-order valence-electron chi connectivity index (χ2n) is 3.55. The number of hydrogen-bond donors (Lipinski definition) is 0. The van der Waals surface area contributed by atoms with E-state index in [9.17, 15) is 27.2 Å². The molecule has 0 unspecified atom stereocenters. The monoisotopic (exact) mass is 278 g/mol. The topological polar surface area (TPSA) is 43.4 Å². The summed E-state index contributed by atoms with van der Waals surface area (Å²) in [5.41, 5.74) is -0.825. The first kappa shape index (κ1) is 15.1. The molecule has 1 aromatic rings. The SMILES string of the molecule is CCOC(=O)c1cccc(C(=O)C(F)(F)C(F)F)c1. The van der Waals surface area contributed by atoms with E-state index < -0.39 is 29.7 Å². The van der Waals surface area contributed by atoms with Gasteiger partial charge >= 0.3 is 18.3 Å². The second kappa shape index (κ2) is 5.81. The van der Waals surface area contributed by atoms with Crippen LogP contribution in [0, 0.1) is 0 Å². The number of ketones is 1. The average Bonchev–Trinajstić information content (AvgIpc) is 2.38. The van der Waals surface area contributed by atoms with Crippen molar-refractivity contribution < 1.29 is 31.9 Å². The molecule has 7 heteroatoms. The van der Waals surface area contributed by atoms with Crippen molar-refractivity contribution in [1.82, 2.24) is 0 Å². The van der Waals surface area contributed by atoms with Gasteiger partial charge in [0.15, 0.2) is 0 Å². The van der Waals surface area contributed by atoms with E-state index in [1.165, 1.54) is 13.0 Å². The van der Waals surface area contributed by atoms with E-state index in [-0.39, 0.29) is 12.2 Å². The minimum Gasteiger partial charge on any atom is -0.462 e. The Hall–Kier alpha value is -1.92. The summed E-state index contributed by atoms with van der Waals surface area (Å²) in [7, 11) is 0. The summed E-state index contributed by atoms with van der Waals surface area (Å²) >= 11 is 0. The van der Waals surface area contributed by atoms with Crippen LogP contribution in [0.5, 0.6) is 0 Å². The number of rotatable bonds is 5. The summed E-state index contributed by atoms with van der Waals surface area (Å²) in [5.74, 6) is -7.64. The number of hydrogen-bond acceptors (Lipinski definition) is 3. The summed E-state index contributed by atoms with van der Waals surface area (Å²) in [6.07, 6.45) is -4.11. The number of Topliss-reactive ketones (excluding diaryl/α,β-unsaturated/α-hetero) is 1. The molecule has 0 saturated heterocycles. The molecule has 0 aromatic heterocycles. The molecule has 0 heterocycles. The van der Waals surface area contributed by atoms with Crippen LogP contribution in [0.1, 0.15) is 27.6 Å². The third kappa shape index (κ3) is 3.30. The van der Waals surface area contributed by atoms with Crippen molar-refractivity contribution in [2.24, 2.45) is 0 Å². The second-order valence-corrected chi connectivity index (χ2v) is 3.55. The molecule has 0 aliphatic rings. The zero-order valence-corrected chi connectivity index (χ0v) is 9.83. The molecule has 0 amide bonds. The molecule has 0 aliphatic heterocycles. The Bertz CT molecular complexity index is 486. The number of alkyl halides is 4. The Morgan fingerprint density at radius 1 is 1.26 bits per heavy atom. The molecule has 3 nitrogen and oxygen atoms in total. The third-order valence-electron chi connectivity index (χ3n) is 2.21. The fraction of sp³-hybridized carbons (Fsp3) is 0.333. The van der Waals surface area contributed by atoms with Crippen LogP contribution in [0.4, 0.5) is 17.6 Å². The zero-order valence-electron chi connectivity index (χ0n) is 9.83. The van der Waals surface area contributed by atoms with Gasteiger partial charge in [-0.15, -0.1) is 0 Å². The smallest absolute Gasteiger partial charge is 0.368 e. The van der Waals surface area contributed by atoms with E-state index in [1.54, 1.807) is 0 Å². The van der Waals surface area contributed by atoms with Gasteiger partial charge in [-0.05, 0) is 19.1 Å². The highest BCUT2D eigenvalue weighted by atomic mass is 19.3. The molecule has 19 heavy (non-hydrogen) atoms. The van der Waals surface area contributed by atoms with Gasteiger partial charge in [-0.2, -0.15) is 8.78 Å². The van der Waals surface area contributed by atoms with Crippen LogP contribution in [0.2, 0.25) is 0 Å². The number of carbonyl (C=O) groups excluding carboxylic acids is 2. The van der Waals surface area contributed by atoms with Gasteiger partial charge in [0.2, 0.25) is 5.78 Å². The van der Waals surface area contributed by atoms with E-state index in [1.807, 2.05) is 0 Å². The van der Waals surface area contributed by atoms with Gasteiger partial charge in [-0.1, -0.05) is 12.1 Å².